The third-order valence-corrected chi connectivity index (χ3v) is 4.12. The summed E-state index contributed by atoms with van der Waals surface area (Å²) in [5.74, 6) is 0. The Labute approximate surface area is 142 Å². The Morgan fingerprint density at radius 3 is 2.54 bits per heavy atom. The second-order valence-electron chi connectivity index (χ2n) is 5.31. The SMILES string of the molecule is Cc1ccc(-n2c(=O)c(C#N)c(N)c3ccc(Cl)cc32)cc1C#N. The van der Waals surface area contributed by atoms with E-state index in [9.17, 15) is 15.3 Å². The molecule has 3 rings (SSSR count). The molecule has 0 saturated carbocycles. The molecule has 0 bridgehead atoms. The molecule has 0 atom stereocenters. The number of rotatable bonds is 1. The molecule has 0 aliphatic carbocycles. The van der Waals surface area contributed by atoms with E-state index in [0.29, 0.717) is 27.2 Å². The largest absolute Gasteiger partial charge is 0.397 e. The molecule has 0 unspecified atom stereocenters. The van der Waals surface area contributed by atoms with Gasteiger partial charge in [0.2, 0.25) is 0 Å². The van der Waals surface area contributed by atoms with Crippen LogP contribution in [0.3, 0.4) is 0 Å². The number of halogens is 1. The minimum atomic E-state index is -0.544. The Morgan fingerprint density at radius 2 is 1.88 bits per heavy atom. The van der Waals surface area contributed by atoms with Crippen LogP contribution < -0.4 is 11.3 Å². The van der Waals surface area contributed by atoms with Crippen molar-refractivity contribution in [1.82, 2.24) is 4.57 Å². The van der Waals surface area contributed by atoms with Crippen LogP contribution in [-0.2, 0) is 0 Å². The average molecular weight is 335 g/mol. The van der Waals surface area contributed by atoms with E-state index in [0.717, 1.165) is 5.56 Å². The van der Waals surface area contributed by atoms with Crippen molar-refractivity contribution in [3.05, 3.63) is 68.5 Å². The summed E-state index contributed by atoms with van der Waals surface area (Å²) in [5, 5.41) is 19.5. The van der Waals surface area contributed by atoms with E-state index in [2.05, 4.69) is 6.07 Å². The van der Waals surface area contributed by atoms with Crippen LogP contribution in [0.2, 0.25) is 5.02 Å². The van der Waals surface area contributed by atoms with Gasteiger partial charge in [0.1, 0.15) is 11.6 Å². The first-order valence-electron chi connectivity index (χ1n) is 7.03. The predicted molar refractivity (Wildman–Crippen MR) is 93.1 cm³/mol. The van der Waals surface area contributed by atoms with Crippen LogP contribution in [-0.4, -0.2) is 4.57 Å². The number of pyridine rings is 1. The Bertz CT molecular complexity index is 1130. The summed E-state index contributed by atoms with van der Waals surface area (Å²) in [7, 11) is 0. The van der Waals surface area contributed by atoms with Gasteiger partial charge in [-0.3, -0.25) is 9.36 Å². The minimum absolute atomic E-state index is 0.123. The number of nitriles is 2. The Morgan fingerprint density at radius 1 is 1.12 bits per heavy atom. The molecule has 24 heavy (non-hydrogen) atoms. The molecular weight excluding hydrogens is 324 g/mol. The molecule has 5 nitrogen and oxygen atoms in total. The lowest BCUT2D eigenvalue weighted by Gasteiger charge is -2.14. The van der Waals surface area contributed by atoms with E-state index in [1.807, 2.05) is 13.0 Å². The second-order valence-corrected chi connectivity index (χ2v) is 5.75. The monoisotopic (exact) mass is 334 g/mol. The van der Waals surface area contributed by atoms with Crippen molar-refractivity contribution in [2.24, 2.45) is 0 Å². The van der Waals surface area contributed by atoms with Crippen molar-refractivity contribution < 1.29 is 0 Å². The van der Waals surface area contributed by atoms with Crippen molar-refractivity contribution in [3.63, 3.8) is 0 Å². The Hall–Kier alpha value is -3.28. The van der Waals surface area contributed by atoms with Gasteiger partial charge in [-0.2, -0.15) is 10.5 Å². The lowest BCUT2D eigenvalue weighted by molar-refractivity contribution is 1.03. The normalized spacial score (nSPS) is 10.3. The maximum Gasteiger partial charge on any atom is 0.275 e. The zero-order valence-electron chi connectivity index (χ0n) is 12.7. The predicted octanol–water partition coefficient (Wildman–Crippen LogP) is 3.28. The third-order valence-electron chi connectivity index (χ3n) is 3.89. The number of anilines is 1. The number of hydrogen-bond acceptors (Lipinski definition) is 4. The van der Waals surface area contributed by atoms with Gasteiger partial charge in [-0.15, -0.1) is 0 Å². The molecule has 0 fully saturated rings. The summed E-state index contributed by atoms with van der Waals surface area (Å²) in [4.78, 5) is 12.8. The number of nitrogens with zero attached hydrogens (tertiary/aromatic N) is 3. The molecule has 0 aliphatic rings. The number of nitrogens with two attached hydrogens (primary N) is 1. The third kappa shape index (κ3) is 2.28. The number of nitrogen functional groups attached to an aromatic ring is 1. The van der Waals surface area contributed by atoms with Gasteiger partial charge < -0.3 is 5.73 Å². The lowest BCUT2D eigenvalue weighted by atomic mass is 10.1. The van der Waals surface area contributed by atoms with Crippen molar-refractivity contribution in [2.45, 2.75) is 6.92 Å². The van der Waals surface area contributed by atoms with Crippen LogP contribution in [0.1, 0.15) is 16.7 Å². The number of aryl methyl sites for hydroxylation is 1. The van der Waals surface area contributed by atoms with E-state index in [1.54, 1.807) is 36.4 Å². The van der Waals surface area contributed by atoms with Crippen LogP contribution in [0.15, 0.2) is 41.2 Å². The van der Waals surface area contributed by atoms with Gasteiger partial charge >= 0.3 is 0 Å². The van der Waals surface area contributed by atoms with E-state index >= 15 is 0 Å². The molecular formula is C18H11ClN4O. The van der Waals surface area contributed by atoms with Crippen molar-refractivity contribution in [1.29, 1.82) is 10.5 Å². The van der Waals surface area contributed by atoms with Gasteiger partial charge in [0.15, 0.2) is 0 Å². The van der Waals surface area contributed by atoms with Crippen molar-refractivity contribution in [2.75, 3.05) is 5.73 Å². The number of fused-ring (bicyclic) bond motifs is 1. The fourth-order valence-electron chi connectivity index (χ4n) is 2.62. The van der Waals surface area contributed by atoms with Crippen LogP contribution >= 0.6 is 11.6 Å². The molecule has 0 aliphatic heterocycles. The highest BCUT2D eigenvalue weighted by Crippen LogP contribution is 2.27. The summed E-state index contributed by atoms with van der Waals surface area (Å²) >= 11 is 6.07. The second kappa shape index (κ2) is 5.73. The standard InChI is InChI=1S/C18H11ClN4O/c1-10-2-4-13(6-11(10)8-20)23-16-7-12(19)3-5-14(16)17(22)15(9-21)18(23)24/h2-7H,22H2,1H3. The molecule has 3 aromatic rings. The molecule has 0 radical (unpaired) electrons. The van der Waals surface area contributed by atoms with E-state index in [4.69, 9.17) is 17.3 Å². The first-order valence-corrected chi connectivity index (χ1v) is 7.40. The molecule has 0 amide bonds. The van der Waals surface area contributed by atoms with Gasteiger partial charge in [0.25, 0.3) is 5.56 Å². The number of benzene rings is 2. The summed E-state index contributed by atoms with van der Waals surface area (Å²) in [5.41, 5.74) is 7.63. The molecule has 1 aromatic heterocycles. The van der Waals surface area contributed by atoms with Crippen LogP contribution in [0.5, 0.6) is 0 Å². The maximum absolute atomic E-state index is 12.8. The molecule has 2 aromatic carbocycles. The summed E-state index contributed by atoms with van der Waals surface area (Å²) < 4.78 is 1.36. The highest BCUT2D eigenvalue weighted by Gasteiger charge is 2.16. The zero-order valence-corrected chi connectivity index (χ0v) is 13.4. The summed E-state index contributed by atoms with van der Waals surface area (Å²) in [6, 6.07) is 14.0. The zero-order chi connectivity index (χ0) is 17.4. The average Bonchev–Trinajstić information content (AvgIpc) is 2.56. The quantitative estimate of drug-likeness (QED) is 0.738. The first-order chi connectivity index (χ1) is 11.5. The molecule has 0 saturated heterocycles. The van der Waals surface area contributed by atoms with E-state index in [-0.39, 0.29) is 11.3 Å². The fourth-order valence-corrected chi connectivity index (χ4v) is 2.79. The number of hydrogen-bond donors (Lipinski definition) is 1. The van der Waals surface area contributed by atoms with Crippen molar-refractivity contribution in [3.8, 4) is 17.8 Å². The maximum atomic E-state index is 12.8. The smallest absolute Gasteiger partial charge is 0.275 e. The van der Waals surface area contributed by atoms with Crippen molar-refractivity contribution >= 4 is 28.2 Å². The molecule has 2 N–H and O–H groups in total. The van der Waals surface area contributed by atoms with Gasteiger partial charge in [-0.05, 0) is 42.8 Å². The minimum Gasteiger partial charge on any atom is -0.397 e. The highest BCUT2D eigenvalue weighted by atomic mass is 35.5. The Kier molecular flexibility index (Phi) is 3.73. The summed E-state index contributed by atoms with van der Waals surface area (Å²) in [6.45, 7) is 1.81. The molecule has 116 valence electrons. The van der Waals surface area contributed by atoms with Crippen LogP contribution in [0, 0.1) is 29.6 Å². The van der Waals surface area contributed by atoms with Gasteiger partial charge in [0.05, 0.1) is 28.5 Å². The molecule has 0 spiro atoms. The summed E-state index contributed by atoms with van der Waals surface area (Å²) in [6.07, 6.45) is 0. The molecule has 1 heterocycles. The van der Waals surface area contributed by atoms with E-state index in [1.165, 1.54) is 4.57 Å². The van der Waals surface area contributed by atoms with Crippen LogP contribution in [0.4, 0.5) is 5.69 Å². The first kappa shape index (κ1) is 15.6. The topological polar surface area (TPSA) is 95.6 Å². The highest BCUT2D eigenvalue weighted by molar-refractivity contribution is 6.31. The Balaban J connectivity index is 2.53. The molecule has 6 heteroatoms. The number of aromatic nitrogens is 1. The van der Waals surface area contributed by atoms with Gasteiger partial charge in [0, 0.05) is 10.4 Å². The van der Waals surface area contributed by atoms with E-state index < -0.39 is 5.56 Å². The fraction of sp³-hybridized carbons (Fsp3) is 0.0556. The van der Waals surface area contributed by atoms with Crippen LogP contribution in [0.25, 0.3) is 16.6 Å². The van der Waals surface area contributed by atoms with Gasteiger partial charge in [-0.25, -0.2) is 0 Å². The van der Waals surface area contributed by atoms with Gasteiger partial charge in [-0.1, -0.05) is 17.7 Å². The lowest BCUT2D eigenvalue weighted by Crippen LogP contribution is -2.23.